The van der Waals surface area contributed by atoms with Crippen molar-refractivity contribution in [3.8, 4) is 11.8 Å². The third kappa shape index (κ3) is 6.34. The Morgan fingerprint density at radius 3 is 2.42 bits per heavy atom. The molecule has 1 aliphatic rings. The van der Waals surface area contributed by atoms with Gasteiger partial charge in [0.15, 0.2) is 0 Å². The molecular weight excluding hydrogens is 392 g/mol. The van der Waals surface area contributed by atoms with Gasteiger partial charge in [-0.05, 0) is 49.2 Å². The molecule has 1 saturated heterocycles. The molecule has 0 unspecified atom stereocenters. The first-order chi connectivity index (χ1) is 15.3. The third-order valence-corrected chi connectivity index (χ3v) is 5.10. The monoisotopic (exact) mass is 418 g/mol. The quantitative estimate of drug-likeness (QED) is 0.600. The molecule has 0 bridgehead atoms. The molecule has 7 nitrogen and oxygen atoms in total. The van der Waals surface area contributed by atoms with E-state index in [1.54, 1.807) is 0 Å². The Kier molecular flexibility index (Phi) is 7.20. The third-order valence-electron chi connectivity index (χ3n) is 5.10. The normalized spacial score (nSPS) is 14.2. The molecular formula is C24H26N4O3. The fraction of sp³-hybridized carbons (Fsp3) is 0.292. The molecule has 0 spiro atoms. The molecule has 1 fully saturated rings. The molecule has 31 heavy (non-hydrogen) atoms. The fourth-order valence-corrected chi connectivity index (χ4v) is 3.37. The van der Waals surface area contributed by atoms with Crippen molar-refractivity contribution in [1.82, 2.24) is 14.9 Å². The van der Waals surface area contributed by atoms with E-state index in [1.807, 2.05) is 42.5 Å². The standard InChI is InChI=1S/C24H26N4O3/c29-23(20-17-25-24(26-18-20)31-22-6-2-1-3-7-22)27-21-10-8-19(9-11-21)5-4-12-28-13-15-30-16-14-28/h1-3,6-11,17-18H,4-5,12-16H2,(H,27,29). The number of rotatable bonds is 8. The Hall–Kier alpha value is -3.29. The number of anilines is 1. The van der Waals surface area contributed by atoms with Gasteiger partial charge in [-0.25, -0.2) is 9.97 Å². The van der Waals surface area contributed by atoms with Gasteiger partial charge >= 0.3 is 6.01 Å². The number of ether oxygens (including phenoxy) is 2. The molecule has 2 aromatic carbocycles. The van der Waals surface area contributed by atoms with Crippen molar-refractivity contribution in [2.75, 3.05) is 38.2 Å². The lowest BCUT2D eigenvalue weighted by atomic mass is 10.1. The van der Waals surface area contributed by atoms with E-state index in [1.165, 1.54) is 18.0 Å². The molecule has 3 aromatic rings. The first-order valence-electron chi connectivity index (χ1n) is 10.5. The molecule has 0 aliphatic carbocycles. The summed E-state index contributed by atoms with van der Waals surface area (Å²) in [5.74, 6) is 0.385. The molecule has 1 aliphatic heterocycles. The molecule has 160 valence electrons. The zero-order valence-corrected chi connectivity index (χ0v) is 17.4. The maximum atomic E-state index is 12.5. The summed E-state index contributed by atoms with van der Waals surface area (Å²) < 4.78 is 10.9. The molecule has 0 radical (unpaired) electrons. The number of benzene rings is 2. The summed E-state index contributed by atoms with van der Waals surface area (Å²) in [6.07, 6.45) is 5.05. The average Bonchev–Trinajstić information content (AvgIpc) is 2.82. The zero-order chi connectivity index (χ0) is 21.3. The van der Waals surface area contributed by atoms with Crippen LogP contribution in [0.3, 0.4) is 0 Å². The van der Waals surface area contributed by atoms with Crippen molar-refractivity contribution >= 4 is 11.6 Å². The minimum atomic E-state index is -0.258. The number of aromatic nitrogens is 2. The van der Waals surface area contributed by atoms with Crippen molar-refractivity contribution in [2.24, 2.45) is 0 Å². The summed E-state index contributed by atoms with van der Waals surface area (Å²) in [6.45, 7) is 4.80. The number of nitrogens with one attached hydrogen (secondary N) is 1. The van der Waals surface area contributed by atoms with E-state index in [0.29, 0.717) is 11.3 Å². The van der Waals surface area contributed by atoms with Gasteiger partial charge in [-0.15, -0.1) is 0 Å². The van der Waals surface area contributed by atoms with Gasteiger partial charge in [-0.2, -0.15) is 0 Å². The maximum Gasteiger partial charge on any atom is 0.321 e. The van der Waals surface area contributed by atoms with E-state index < -0.39 is 0 Å². The Morgan fingerprint density at radius 2 is 1.71 bits per heavy atom. The molecule has 4 rings (SSSR count). The Bertz CT molecular complexity index is 956. The van der Waals surface area contributed by atoms with Gasteiger partial charge in [-0.1, -0.05) is 30.3 Å². The molecule has 1 aromatic heterocycles. The van der Waals surface area contributed by atoms with Gasteiger partial charge in [0.1, 0.15) is 5.75 Å². The molecule has 2 heterocycles. The van der Waals surface area contributed by atoms with Crippen LogP contribution in [0.1, 0.15) is 22.3 Å². The van der Waals surface area contributed by atoms with E-state index in [4.69, 9.17) is 9.47 Å². The van der Waals surface area contributed by atoms with Crippen LogP contribution in [0.2, 0.25) is 0 Å². The number of hydrogen-bond donors (Lipinski definition) is 1. The van der Waals surface area contributed by atoms with Crippen molar-refractivity contribution in [3.05, 3.63) is 78.1 Å². The maximum absolute atomic E-state index is 12.5. The van der Waals surface area contributed by atoms with E-state index in [-0.39, 0.29) is 11.9 Å². The van der Waals surface area contributed by atoms with E-state index in [9.17, 15) is 4.79 Å². The van der Waals surface area contributed by atoms with Crippen LogP contribution < -0.4 is 10.1 Å². The predicted octanol–water partition coefficient (Wildman–Crippen LogP) is 3.79. The average molecular weight is 418 g/mol. The summed E-state index contributed by atoms with van der Waals surface area (Å²) in [5.41, 5.74) is 2.37. The van der Waals surface area contributed by atoms with Gasteiger partial charge in [0, 0.05) is 31.2 Å². The summed E-state index contributed by atoms with van der Waals surface area (Å²) in [6, 6.07) is 17.4. The second-order valence-corrected chi connectivity index (χ2v) is 7.38. The van der Waals surface area contributed by atoms with Crippen LogP contribution in [0.4, 0.5) is 5.69 Å². The largest absolute Gasteiger partial charge is 0.424 e. The lowest BCUT2D eigenvalue weighted by Crippen LogP contribution is -2.36. The number of carbonyl (C=O) groups is 1. The minimum Gasteiger partial charge on any atom is -0.424 e. The van der Waals surface area contributed by atoms with Gasteiger partial charge < -0.3 is 14.8 Å². The van der Waals surface area contributed by atoms with Crippen LogP contribution in [0.5, 0.6) is 11.8 Å². The SMILES string of the molecule is O=C(Nc1ccc(CCCN2CCOCC2)cc1)c1cnc(Oc2ccccc2)nc1. The Labute approximate surface area is 182 Å². The first-order valence-corrected chi connectivity index (χ1v) is 10.5. The fourth-order valence-electron chi connectivity index (χ4n) is 3.37. The number of amides is 1. The van der Waals surface area contributed by atoms with Crippen LogP contribution in [-0.2, 0) is 11.2 Å². The Balaban J connectivity index is 1.25. The summed E-state index contributed by atoms with van der Waals surface area (Å²) >= 11 is 0. The van der Waals surface area contributed by atoms with Gasteiger partial charge in [0.2, 0.25) is 0 Å². The molecule has 0 atom stereocenters. The lowest BCUT2D eigenvalue weighted by Gasteiger charge is -2.26. The summed E-state index contributed by atoms with van der Waals surface area (Å²) in [4.78, 5) is 23.1. The van der Waals surface area contributed by atoms with Crippen molar-refractivity contribution in [2.45, 2.75) is 12.8 Å². The Morgan fingerprint density at radius 1 is 1.00 bits per heavy atom. The second-order valence-electron chi connectivity index (χ2n) is 7.38. The lowest BCUT2D eigenvalue weighted by molar-refractivity contribution is 0.0374. The number of nitrogens with zero attached hydrogens (tertiary/aromatic N) is 3. The molecule has 1 amide bonds. The van der Waals surface area contributed by atoms with E-state index >= 15 is 0 Å². The predicted molar refractivity (Wildman–Crippen MR) is 119 cm³/mol. The highest BCUT2D eigenvalue weighted by molar-refractivity contribution is 6.03. The van der Waals surface area contributed by atoms with Crippen molar-refractivity contribution < 1.29 is 14.3 Å². The highest BCUT2D eigenvalue weighted by atomic mass is 16.5. The van der Waals surface area contributed by atoms with Crippen LogP contribution in [0.25, 0.3) is 0 Å². The van der Waals surface area contributed by atoms with Crippen molar-refractivity contribution in [1.29, 1.82) is 0 Å². The topological polar surface area (TPSA) is 76.6 Å². The van der Waals surface area contributed by atoms with Gasteiger partial charge in [0.05, 0.1) is 18.8 Å². The summed E-state index contributed by atoms with van der Waals surface area (Å²) in [5, 5.41) is 2.88. The van der Waals surface area contributed by atoms with Crippen LogP contribution in [0, 0.1) is 0 Å². The molecule has 7 heteroatoms. The van der Waals surface area contributed by atoms with Crippen LogP contribution >= 0.6 is 0 Å². The smallest absolute Gasteiger partial charge is 0.321 e. The highest BCUT2D eigenvalue weighted by Gasteiger charge is 2.10. The van der Waals surface area contributed by atoms with Crippen LogP contribution in [-0.4, -0.2) is 53.6 Å². The van der Waals surface area contributed by atoms with Crippen molar-refractivity contribution in [3.63, 3.8) is 0 Å². The molecule has 1 N–H and O–H groups in total. The second kappa shape index (κ2) is 10.7. The number of morpholine rings is 1. The van der Waals surface area contributed by atoms with Gasteiger partial charge in [-0.3, -0.25) is 9.69 Å². The number of aryl methyl sites for hydroxylation is 1. The van der Waals surface area contributed by atoms with Crippen LogP contribution in [0.15, 0.2) is 67.0 Å². The van der Waals surface area contributed by atoms with Gasteiger partial charge in [0.25, 0.3) is 5.91 Å². The number of para-hydroxylation sites is 1. The van der Waals surface area contributed by atoms with E-state index in [0.717, 1.165) is 51.4 Å². The van der Waals surface area contributed by atoms with E-state index in [2.05, 4.69) is 32.3 Å². The zero-order valence-electron chi connectivity index (χ0n) is 17.4. The summed E-state index contributed by atoms with van der Waals surface area (Å²) in [7, 11) is 0. The number of carbonyl (C=O) groups excluding carboxylic acids is 1. The first kappa shape index (κ1) is 21.0. The number of hydrogen-bond acceptors (Lipinski definition) is 6. The minimum absolute atomic E-state index is 0.198. The molecule has 0 saturated carbocycles. The highest BCUT2D eigenvalue weighted by Crippen LogP contribution is 2.17.